The van der Waals surface area contributed by atoms with Crippen LogP contribution in [0.2, 0.25) is 0 Å². The Bertz CT molecular complexity index is 645. The molecule has 4 heteroatoms. The van der Waals surface area contributed by atoms with Gasteiger partial charge in [-0.15, -0.1) is 0 Å². The van der Waals surface area contributed by atoms with Crippen LogP contribution in [0.15, 0.2) is 42.5 Å². The number of rotatable bonds is 3. The number of hydrogen-bond donors (Lipinski definition) is 2. The highest BCUT2D eigenvalue weighted by molar-refractivity contribution is 5.80. The summed E-state index contributed by atoms with van der Waals surface area (Å²) >= 11 is 0. The average molecular weight is 274 g/mol. The lowest BCUT2D eigenvalue weighted by Crippen LogP contribution is -2.28. The van der Waals surface area contributed by atoms with Gasteiger partial charge >= 0.3 is 5.97 Å². The van der Waals surface area contributed by atoms with Crippen LogP contribution < -0.4 is 0 Å². The first-order valence-electron chi connectivity index (χ1n) is 6.15. The van der Waals surface area contributed by atoms with Gasteiger partial charge in [0.15, 0.2) is 0 Å². The van der Waals surface area contributed by atoms with Crippen LogP contribution in [0.1, 0.15) is 19.4 Å². The smallest absolute Gasteiger partial charge is 0.313 e. The molecule has 0 amide bonds. The largest absolute Gasteiger partial charge is 0.508 e. The Hall–Kier alpha value is -2.36. The van der Waals surface area contributed by atoms with Crippen LogP contribution >= 0.6 is 0 Å². The molecule has 20 heavy (non-hydrogen) atoms. The van der Waals surface area contributed by atoms with E-state index in [1.807, 2.05) is 0 Å². The Morgan fingerprint density at radius 2 is 1.70 bits per heavy atom. The Morgan fingerprint density at radius 3 is 2.20 bits per heavy atom. The van der Waals surface area contributed by atoms with E-state index in [2.05, 4.69) is 0 Å². The molecule has 2 aromatic carbocycles. The third kappa shape index (κ3) is 2.50. The molecule has 0 aliphatic rings. The summed E-state index contributed by atoms with van der Waals surface area (Å²) in [5.74, 6) is -1.56. The van der Waals surface area contributed by atoms with Crippen molar-refractivity contribution in [3.63, 3.8) is 0 Å². The number of phenolic OH excluding ortho intramolecular Hbond substituents is 1. The van der Waals surface area contributed by atoms with Crippen molar-refractivity contribution in [3.8, 4) is 16.9 Å². The Labute approximate surface area is 116 Å². The molecule has 0 saturated carbocycles. The summed E-state index contributed by atoms with van der Waals surface area (Å²) in [5.41, 5.74) is 0.648. The number of carbonyl (C=O) groups is 1. The molecule has 0 atom stereocenters. The highest BCUT2D eigenvalue weighted by atomic mass is 19.1. The Morgan fingerprint density at radius 1 is 1.10 bits per heavy atom. The summed E-state index contributed by atoms with van der Waals surface area (Å²) in [6, 6.07) is 10.6. The van der Waals surface area contributed by atoms with E-state index in [9.17, 15) is 14.3 Å². The minimum absolute atomic E-state index is 0.130. The fourth-order valence-corrected chi connectivity index (χ4v) is 1.93. The zero-order valence-corrected chi connectivity index (χ0v) is 11.2. The molecule has 3 nitrogen and oxygen atoms in total. The molecular formula is C16H15FO3. The SMILES string of the molecule is CC(C)(C(=O)O)c1ccc(-c2ccc(O)cc2F)cc1. The van der Waals surface area contributed by atoms with Gasteiger partial charge in [0.05, 0.1) is 5.41 Å². The maximum atomic E-state index is 13.7. The second-order valence-electron chi connectivity index (χ2n) is 5.17. The minimum atomic E-state index is -0.994. The summed E-state index contributed by atoms with van der Waals surface area (Å²) in [6.07, 6.45) is 0. The molecule has 0 heterocycles. The van der Waals surface area contributed by atoms with Crippen LogP contribution in [0.25, 0.3) is 11.1 Å². The number of benzene rings is 2. The lowest BCUT2D eigenvalue weighted by Gasteiger charge is -2.19. The molecule has 0 unspecified atom stereocenters. The van der Waals surface area contributed by atoms with E-state index in [0.717, 1.165) is 6.07 Å². The van der Waals surface area contributed by atoms with E-state index in [0.29, 0.717) is 16.7 Å². The highest BCUT2D eigenvalue weighted by Crippen LogP contribution is 2.29. The van der Waals surface area contributed by atoms with Gasteiger partial charge in [0, 0.05) is 11.6 Å². The molecule has 0 aliphatic carbocycles. The molecule has 2 aromatic rings. The molecule has 0 radical (unpaired) electrons. The first-order valence-corrected chi connectivity index (χ1v) is 6.15. The van der Waals surface area contributed by atoms with E-state index < -0.39 is 17.2 Å². The molecule has 0 aromatic heterocycles. The van der Waals surface area contributed by atoms with Crippen molar-refractivity contribution in [2.45, 2.75) is 19.3 Å². The molecule has 0 bridgehead atoms. The van der Waals surface area contributed by atoms with Crippen LogP contribution in [-0.4, -0.2) is 16.2 Å². The number of carboxylic acid groups (broad SMARTS) is 1. The van der Waals surface area contributed by atoms with Gasteiger partial charge in [-0.25, -0.2) is 4.39 Å². The summed E-state index contributed by atoms with van der Waals surface area (Å²) in [6.45, 7) is 3.23. The normalized spacial score (nSPS) is 11.3. The zero-order chi connectivity index (χ0) is 14.9. The summed E-state index contributed by atoms with van der Waals surface area (Å²) in [5, 5.41) is 18.4. The number of halogens is 1. The number of aliphatic carboxylic acids is 1. The van der Waals surface area contributed by atoms with E-state index in [-0.39, 0.29) is 5.75 Å². The summed E-state index contributed by atoms with van der Waals surface area (Å²) in [4.78, 5) is 11.2. The fourth-order valence-electron chi connectivity index (χ4n) is 1.93. The second kappa shape index (κ2) is 4.96. The predicted octanol–water partition coefficient (Wildman–Crippen LogP) is 3.56. The molecule has 0 saturated heterocycles. The molecule has 2 N–H and O–H groups in total. The topological polar surface area (TPSA) is 57.5 Å². The molecular weight excluding hydrogens is 259 g/mol. The Balaban J connectivity index is 2.40. The van der Waals surface area contributed by atoms with Gasteiger partial charge in [-0.1, -0.05) is 24.3 Å². The molecule has 0 aliphatic heterocycles. The summed E-state index contributed by atoms with van der Waals surface area (Å²) < 4.78 is 13.7. The molecule has 0 fully saturated rings. The predicted molar refractivity (Wildman–Crippen MR) is 74.2 cm³/mol. The van der Waals surface area contributed by atoms with Crippen molar-refractivity contribution in [1.29, 1.82) is 0 Å². The number of carboxylic acids is 1. The maximum absolute atomic E-state index is 13.7. The first-order chi connectivity index (χ1) is 9.32. The van der Waals surface area contributed by atoms with Crippen LogP contribution in [0.4, 0.5) is 4.39 Å². The third-order valence-corrected chi connectivity index (χ3v) is 3.40. The molecule has 104 valence electrons. The van der Waals surface area contributed by atoms with E-state index in [1.165, 1.54) is 12.1 Å². The van der Waals surface area contributed by atoms with Crippen molar-refractivity contribution in [3.05, 3.63) is 53.8 Å². The first kappa shape index (κ1) is 14.1. The van der Waals surface area contributed by atoms with Crippen molar-refractivity contribution in [2.24, 2.45) is 0 Å². The molecule has 2 rings (SSSR count). The lowest BCUT2D eigenvalue weighted by molar-refractivity contribution is -0.142. The zero-order valence-electron chi connectivity index (χ0n) is 11.2. The van der Waals surface area contributed by atoms with Gasteiger partial charge < -0.3 is 10.2 Å². The fraction of sp³-hybridized carbons (Fsp3) is 0.188. The van der Waals surface area contributed by atoms with E-state index >= 15 is 0 Å². The second-order valence-corrected chi connectivity index (χ2v) is 5.17. The maximum Gasteiger partial charge on any atom is 0.313 e. The van der Waals surface area contributed by atoms with E-state index in [4.69, 9.17) is 5.11 Å². The van der Waals surface area contributed by atoms with Gasteiger partial charge in [-0.05, 0) is 37.1 Å². The van der Waals surface area contributed by atoms with Crippen molar-refractivity contribution in [1.82, 2.24) is 0 Å². The monoisotopic (exact) mass is 274 g/mol. The van der Waals surface area contributed by atoms with Crippen LogP contribution in [-0.2, 0) is 10.2 Å². The van der Waals surface area contributed by atoms with Crippen LogP contribution in [0.5, 0.6) is 5.75 Å². The number of hydrogen-bond acceptors (Lipinski definition) is 2. The summed E-state index contributed by atoms with van der Waals surface area (Å²) in [7, 11) is 0. The van der Waals surface area contributed by atoms with Crippen LogP contribution in [0, 0.1) is 5.82 Å². The van der Waals surface area contributed by atoms with Crippen molar-refractivity contribution < 1.29 is 19.4 Å². The Kier molecular flexibility index (Phi) is 3.49. The van der Waals surface area contributed by atoms with Crippen molar-refractivity contribution in [2.75, 3.05) is 0 Å². The standard InChI is InChI=1S/C16H15FO3/c1-16(2,15(19)20)11-5-3-10(4-6-11)13-8-7-12(18)9-14(13)17/h3-9,18H,1-2H3,(H,19,20). The van der Waals surface area contributed by atoms with Crippen LogP contribution in [0.3, 0.4) is 0 Å². The van der Waals surface area contributed by atoms with Gasteiger partial charge in [0.1, 0.15) is 11.6 Å². The van der Waals surface area contributed by atoms with Crippen molar-refractivity contribution >= 4 is 5.97 Å². The number of aromatic hydroxyl groups is 1. The highest BCUT2D eigenvalue weighted by Gasteiger charge is 2.29. The average Bonchev–Trinajstić information content (AvgIpc) is 2.38. The van der Waals surface area contributed by atoms with Gasteiger partial charge in [0.25, 0.3) is 0 Å². The lowest BCUT2D eigenvalue weighted by atomic mass is 9.84. The van der Waals surface area contributed by atoms with Gasteiger partial charge in [0.2, 0.25) is 0 Å². The quantitative estimate of drug-likeness (QED) is 0.899. The van der Waals surface area contributed by atoms with E-state index in [1.54, 1.807) is 38.1 Å². The molecule has 0 spiro atoms. The van der Waals surface area contributed by atoms with Gasteiger partial charge in [-0.2, -0.15) is 0 Å². The number of phenols is 1. The third-order valence-electron chi connectivity index (χ3n) is 3.40. The van der Waals surface area contributed by atoms with Gasteiger partial charge in [-0.3, -0.25) is 4.79 Å². The minimum Gasteiger partial charge on any atom is -0.508 e.